The predicted octanol–water partition coefficient (Wildman–Crippen LogP) is 3.82. The molecule has 2 aromatic rings. The van der Waals surface area contributed by atoms with Crippen LogP contribution in [0.2, 0.25) is 25.7 Å². The third kappa shape index (κ3) is 6.08. The average Bonchev–Trinajstić information content (AvgIpc) is 3.19. The number of aliphatic hydroxyl groups is 1. The molecule has 1 N–H and O–H groups in total. The predicted molar refractivity (Wildman–Crippen MR) is 145 cm³/mol. The van der Waals surface area contributed by atoms with Crippen LogP contribution in [0.5, 0.6) is 0 Å². The largest absolute Gasteiger partial charge is 0.444 e. The fraction of sp³-hybridized carbons (Fsp3) is 0.739. The number of carbonyl (C=O) groups is 1. The Morgan fingerprint density at radius 1 is 1.17 bits per heavy atom. The van der Waals surface area contributed by atoms with Crippen molar-refractivity contribution in [1.29, 1.82) is 0 Å². The lowest BCUT2D eigenvalue weighted by Gasteiger charge is -2.42. The number of ether oxygens (including phenoxy) is 2. The molecule has 0 saturated carbocycles. The average molecular weight is 617 g/mol. The Morgan fingerprint density at radius 2 is 1.83 bits per heavy atom. The first-order chi connectivity index (χ1) is 16.4. The summed E-state index contributed by atoms with van der Waals surface area (Å²) in [6.07, 6.45) is 1.62. The molecule has 0 aromatic carbocycles. The third-order valence-corrected chi connectivity index (χ3v) is 8.75. The van der Waals surface area contributed by atoms with Crippen molar-refractivity contribution in [3.05, 3.63) is 9.39 Å². The zero-order valence-corrected chi connectivity index (χ0v) is 24.7. The molecule has 12 heteroatoms. The molecular formula is C23H37IN6O4Si. The van der Waals surface area contributed by atoms with E-state index in [-0.39, 0.29) is 24.8 Å². The molecule has 2 aliphatic rings. The number of rotatable bonds is 7. The minimum Gasteiger partial charge on any atom is -0.444 e. The summed E-state index contributed by atoms with van der Waals surface area (Å²) in [5.74, 6) is 0.677. The summed E-state index contributed by atoms with van der Waals surface area (Å²) in [4.78, 5) is 26.5. The molecular weight excluding hydrogens is 579 g/mol. The number of hydrogen-bond acceptors (Lipinski definition) is 8. The van der Waals surface area contributed by atoms with Gasteiger partial charge < -0.3 is 24.4 Å². The minimum atomic E-state index is -1.18. The molecule has 0 radical (unpaired) electrons. The van der Waals surface area contributed by atoms with E-state index in [1.54, 1.807) is 9.58 Å². The number of aromatic nitrogens is 4. The number of fused-ring (bicyclic) bond motifs is 3. The molecule has 4 heterocycles. The number of anilines is 1. The first kappa shape index (κ1) is 26.5. The van der Waals surface area contributed by atoms with Gasteiger partial charge in [-0.3, -0.25) is 0 Å². The van der Waals surface area contributed by atoms with Gasteiger partial charge in [0.05, 0.1) is 6.61 Å². The quantitative estimate of drug-likeness (QED) is 0.285. The van der Waals surface area contributed by atoms with Crippen LogP contribution in [0, 0.1) is 3.70 Å². The number of likely N-dealkylation sites (tertiary alicyclic amines) is 1. The smallest absolute Gasteiger partial charge is 0.410 e. The Kier molecular flexibility index (Phi) is 7.66. The van der Waals surface area contributed by atoms with E-state index in [0.29, 0.717) is 49.1 Å². The van der Waals surface area contributed by atoms with Gasteiger partial charge in [-0.1, -0.05) is 19.6 Å². The summed E-state index contributed by atoms with van der Waals surface area (Å²) >= 11 is 2.16. The minimum absolute atomic E-state index is 0.0988. The van der Waals surface area contributed by atoms with Crippen molar-refractivity contribution in [3.63, 3.8) is 0 Å². The number of halogens is 1. The molecule has 1 amide bonds. The summed E-state index contributed by atoms with van der Waals surface area (Å²) in [7, 11) is -1.18. The van der Waals surface area contributed by atoms with Gasteiger partial charge in [0, 0.05) is 39.9 Å². The lowest BCUT2D eigenvalue weighted by Crippen LogP contribution is -2.56. The van der Waals surface area contributed by atoms with Crippen molar-refractivity contribution < 1.29 is 19.4 Å². The number of piperazine rings is 1. The highest BCUT2D eigenvalue weighted by atomic mass is 127. The number of aliphatic hydroxyl groups excluding tert-OH is 1. The molecule has 10 nitrogen and oxygen atoms in total. The first-order valence-electron chi connectivity index (χ1n) is 12.2. The fourth-order valence-electron chi connectivity index (χ4n) is 4.63. The highest BCUT2D eigenvalue weighted by Gasteiger charge is 2.44. The van der Waals surface area contributed by atoms with Crippen LogP contribution in [-0.4, -0.2) is 81.3 Å². The maximum atomic E-state index is 12.7. The Morgan fingerprint density at radius 3 is 2.40 bits per heavy atom. The molecule has 2 unspecified atom stereocenters. The van der Waals surface area contributed by atoms with E-state index in [0.717, 1.165) is 22.6 Å². The van der Waals surface area contributed by atoms with Gasteiger partial charge in [-0.05, 0) is 62.2 Å². The van der Waals surface area contributed by atoms with Crippen LogP contribution in [0.3, 0.4) is 0 Å². The Labute approximate surface area is 221 Å². The molecule has 2 aromatic heterocycles. The van der Waals surface area contributed by atoms with Gasteiger partial charge in [0.1, 0.15) is 23.5 Å². The van der Waals surface area contributed by atoms with E-state index < -0.39 is 13.7 Å². The van der Waals surface area contributed by atoms with Gasteiger partial charge in [-0.25, -0.2) is 19.4 Å². The fourth-order valence-corrected chi connectivity index (χ4v) is 6.01. The van der Waals surface area contributed by atoms with Crippen LogP contribution in [-0.2, 0) is 22.8 Å². The van der Waals surface area contributed by atoms with Crippen LogP contribution in [0.1, 0.15) is 39.3 Å². The Hall–Kier alpha value is -1.51. The maximum absolute atomic E-state index is 12.7. The van der Waals surface area contributed by atoms with Crippen molar-refractivity contribution in [3.8, 4) is 0 Å². The molecule has 0 aliphatic carbocycles. The van der Waals surface area contributed by atoms with E-state index in [4.69, 9.17) is 19.4 Å². The van der Waals surface area contributed by atoms with Gasteiger partial charge in [0.25, 0.3) is 0 Å². The topological polar surface area (TPSA) is 106 Å². The standard InChI is InChI=1S/C23H37IN6O4Si/c1-23(2,3)34-22(32)28-11-15-7-8-16(12-28)30(15)20-17(13-31)25-18-19(24)27-29(21(18)26-20)14-33-9-10-35(4,5)6/h15-16,31H,7-14H2,1-6H3. The second-order valence-electron chi connectivity index (χ2n) is 11.6. The molecule has 4 rings (SSSR count). The van der Waals surface area contributed by atoms with E-state index in [1.807, 2.05) is 20.8 Å². The van der Waals surface area contributed by atoms with Crippen LogP contribution < -0.4 is 4.90 Å². The van der Waals surface area contributed by atoms with Crippen molar-refractivity contribution in [1.82, 2.24) is 24.6 Å². The van der Waals surface area contributed by atoms with Crippen molar-refractivity contribution >= 4 is 53.7 Å². The molecule has 2 fully saturated rings. The van der Waals surface area contributed by atoms with Crippen LogP contribution >= 0.6 is 22.6 Å². The zero-order valence-electron chi connectivity index (χ0n) is 21.5. The normalized spacial score (nSPS) is 20.7. The maximum Gasteiger partial charge on any atom is 0.410 e. The highest BCUT2D eigenvalue weighted by Crippen LogP contribution is 2.37. The first-order valence-corrected chi connectivity index (χ1v) is 17.0. The summed E-state index contributed by atoms with van der Waals surface area (Å²) < 4.78 is 14.0. The molecule has 0 spiro atoms. The molecule has 194 valence electrons. The Bertz CT molecular complexity index is 1070. The third-order valence-electron chi connectivity index (χ3n) is 6.32. The van der Waals surface area contributed by atoms with E-state index in [1.165, 1.54) is 0 Å². The van der Waals surface area contributed by atoms with Crippen molar-refractivity contribution in [2.45, 2.75) is 90.3 Å². The molecule has 2 bridgehead atoms. The SMILES string of the molecule is CC(C)(C)OC(=O)N1CC2CCC(C1)N2c1nc2c(nc1CO)c(I)nn2COCC[Si](C)(C)C. The zero-order chi connectivity index (χ0) is 25.5. The number of carbonyl (C=O) groups excluding carboxylic acids is 1. The lowest BCUT2D eigenvalue weighted by atomic mass is 10.1. The summed E-state index contributed by atoms with van der Waals surface area (Å²) in [6.45, 7) is 14.6. The van der Waals surface area contributed by atoms with Gasteiger partial charge in [-0.2, -0.15) is 5.10 Å². The van der Waals surface area contributed by atoms with E-state index in [9.17, 15) is 9.90 Å². The summed E-state index contributed by atoms with van der Waals surface area (Å²) in [5.41, 5.74) is 1.34. The second kappa shape index (κ2) is 10.1. The molecule has 2 saturated heterocycles. The van der Waals surface area contributed by atoms with E-state index in [2.05, 4.69) is 52.2 Å². The molecule has 2 aliphatic heterocycles. The number of hydrogen-bond donors (Lipinski definition) is 1. The van der Waals surface area contributed by atoms with Crippen LogP contribution in [0.15, 0.2) is 0 Å². The Balaban J connectivity index is 1.58. The second-order valence-corrected chi connectivity index (χ2v) is 18.3. The monoisotopic (exact) mass is 616 g/mol. The van der Waals surface area contributed by atoms with Gasteiger partial charge in [-0.15, -0.1) is 0 Å². The molecule has 35 heavy (non-hydrogen) atoms. The van der Waals surface area contributed by atoms with Gasteiger partial charge in [0.15, 0.2) is 15.2 Å². The van der Waals surface area contributed by atoms with Crippen LogP contribution in [0.25, 0.3) is 11.2 Å². The summed E-state index contributed by atoms with van der Waals surface area (Å²) in [5, 5.41) is 14.8. The number of nitrogens with zero attached hydrogens (tertiary/aromatic N) is 6. The highest BCUT2D eigenvalue weighted by molar-refractivity contribution is 14.1. The summed E-state index contributed by atoms with van der Waals surface area (Å²) in [6, 6.07) is 1.28. The van der Waals surface area contributed by atoms with Gasteiger partial charge in [0.2, 0.25) is 0 Å². The lowest BCUT2D eigenvalue weighted by molar-refractivity contribution is 0.0209. The number of amides is 1. The van der Waals surface area contributed by atoms with Crippen molar-refractivity contribution in [2.24, 2.45) is 0 Å². The molecule has 2 atom stereocenters. The van der Waals surface area contributed by atoms with Gasteiger partial charge >= 0.3 is 6.09 Å². The van der Waals surface area contributed by atoms with E-state index >= 15 is 0 Å². The van der Waals surface area contributed by atoms with Crippen molar-refractivity contribution in [2.75, 3.05) is 24.6 Å². The van der Waals surface area contributed by atoms with Crippen LogP contribution in [0.4, 0.5) is 10.6 Å².